The Hall–Kier alpha value is -0.830. The smallest absolute Gasteiger partial charge is 0.308 e. The molecular formula is C7H8O2S. The second kappa shape index (κ2) is 2.84. The van der Waals surface area contributed by atoms with Gasteiger partial charge in [0.1, 0.15) is 0 Å². The Morgan fingerprint density at radius 2 is 2.40 bits per heavy atom. The largest absolute Gasteiger partial charge is 0.416 e. The van der Waals surface area contributed by atoms with E-state index in [1.165, 1.54) is 18.3 Å². The minimum Gasteiger partial charge on any atom is -0.416 e. The minimum absolute atomic E-state index is 0.262. The molecule has 10 heavy (non-hydrogen) atoms. The third kappa shape index (κ3) is 1.84. The summed E-state index contributed by atoms with van der Waals surface area (Å²) in [4.78, 5) is 10.4. The Labute approximate surface area is 63.4 Å². The summed E-state index contributed by atoms with van der Waals surface area (Å²) in [7, 11) is 0. The SMILES string of the molecule is CC(=O)Oc1cc(C)cs1. The number of aryl methyl sites for hydroxylation is 1. The molecule has 0 saturated heterocycles. The standard InChI is InChI=1S/C7H8O2S/c1-5-3-7(10-4-5)9-6(2)8/h3-4H,1-2H3. The Morgan fingerprint density at radius 3 is 2.80 bits per heavy atom. The average Bonchev–Trinajstić information content (AvgIpc) is 2.13. The molecule has 0 fully saturated rings. The molecule has 0 aliphatic carbocycles. The summed E-state index contributed by atoms with van der Waals surface area (Å²) in [6, 6.07) is 1.84. The maximum Gasteiger partial charge on any atom is 0.308 e. The van der Waals surface area contributed by atoms with Crippen LogP contribution in [-0.2, 0) is 4.79 Å². The van der Waals surface area contributed by atoms with E-state index in [0.29, 0.717) is 5.06 Å². The number of ether oxygens (including phenoxy) is 1. The molecule has 0 aromatic carbocycles. The summed E-state index contributed by atoms with van der Waals surface area (Å²) < 4.78 is 4.81. The van der Waals surface area contributed by atoms with Gasteiger partial charge in [0, 0.05) is 6.92 Å². The third-order valence-electron chi connectivity index (χ3n) is 0.951. The molecule has 0 amide bonds. The number of carbonyl (C=O) groups is 1. The molecule has 0 atom stereocenters. The van der Waals surface area contributed by atoms with Gasteiger partial charge in [-0.2, -0.15) is 0 Å². The first kappa shape index (κ1) is 7.28. The number of esters is 1. The molecule has 1 heterocycles. The van der Waals surface area contributed by atoms with Crippen molar-refractivity contribution in [2.45, 2.75) is 13.8 Å². The fourth-order valence-electron chi connectivity index (χ4n) is 0.600. The van der Waals surface area contributed by atoms with Crippen molar-refractivity contribution >= 4 is 17.3 Å². The van der Waals surface area contributed by atoms with Crippen LogP contribution in [0.4, 0.5) is 0 Å². The lowest BCUT2D eigenvalue weighted by atomic mass is 10.4. The van der Waals surface area contributed by atoms with E-state index in [0.717, 1.165) is 5.56 Å². The van der Waals surface area contributed by atoms with Gasteiger partial charge in [-0.05, 0) is 23.9 Å². The van der Waals surface area contributed by atoms with E-state index in [4.69, 9.17) is 4.74 Å². The summed E-state index contributed by atoms with van der Waals surface area (Å²) in [6.45, 7) is 3.36. The highest BCUT2D eigenvalue weighted by Crippen LogP contribution is 2.21. The Balaban J connectivity index is 2.67. The van der Waals surface area contributed by atoms with E-state index in [2.05, 4.69) is 0 Å². The Bertz CT molecular complexity index is 240. The molecule has 1 aromatic heterocycles. The lowest BCUT2D eigenvalue weighted by Crippen LogP contribution is -1.98. The predicted molar refractivity (Wildman–Crippen MR) is 40.4 cm³/mol. The summed E-state index contributed by atoms with van der Waals surface area (Å²) in [6.07, 6.45) is 0. The van der Waals surface area contributed by atoms with Crippen molar-refractivity contribution < 1.29 is 9.53 Å². The predicted octanol–water partition coefficient (Wildman–Crippen LogP) is 1.98. The molecular weight excluding hydrogens is 148 g/mol. The van der Waals surface area contributed by atoms with Crippen LogP contribution < -0.4 is 4.74 Å². The van der Waals surface area contributed by atoms with Crippen LogP contribution in [0.2, 0.25) is 0 Å². The average molecular weight is 156 g/mol. The zero-order chi connectivity index (χ0) is 7.56. The molecule has 3 heteroatoms. The van der Waals surface area contributed by atoms with Crippen LogP contribution in [0, 0.1) is 6.92 Å². The first-order valence-corrected chi connectivity index (χ1v) is 3.80. The van der Waals surface area contributed by atoms with Crippen LogP contribution in [-0.4, -0.2) is 5.97 Å². The highest BCUT2D eigenvalue weighted by Gasteiger charge is 1.98. The molecule has 0 unspecified atom stereocenters. The zero-order valence-corrected chi connectivity index (χ0v) is 6.70. The molecule has 0 aliphatic rings. The highest BCUT2D eigenvalue weighted by molar-refractivity contribution is 7.12. The minimum atomic E-state index is -0.262. The van der Waals surface area contributed by atoms with Crippen molar-refractivity contribution in [3.8, 4) is 5.06 Å². The summed E-state index contributed by atoms with van der Waals surface area (Å²) in [5.41, 5.74) is 1.13. The van der Waals surface area contributed by atoms with Gasteiger partial charge in [-0.15, -0.1) is 11.3 Å². The van der Waals surface area contributed by atoms with Crippen LogP contribution in [0.1, 0.15) is 12.5 Å². The van der Waals surface area contributed by atoms with Gasteiger partial charge >= 0.3 is 5.97 Å². The number of rotatable bonds is 1. The van der Waals surface area contributed by atoms with Crippen molar-refractivity contribution in [3.63, 3.8) is 0 Å². The van der Waals surface area contributed by atoms with E-state index in [1.807, 2.05) is 18.4 Å². The van der Waals surface area contributed by atoms with Crippen LogP contribution >= 0.6 is 11.3 Å². The first-order chi connectivity index (χ1) is 4.68. The molecule has 0 spiro atoms. The van der Waals surface area contributed by atoms with Crippen LogP contribution in [0.25, 0.3) is 0 Å². The van der Waals surface area contributed by atoms with Crippen molar-refractivity contribution in [1.82, 2.24) is 0 Å². The highest BCUT2D eigenvalue weighted by atomic mass is 32.1. The lowest BCUT2D eigenvalue weighted by Gasteiger charge is -1.92. The lowest BCUT2D eigenvalue weighted by molar-refractivity contribution is -0.131. The fraction of sp³-hybridized carbons (Fsp3) is 0.286. The second-order valence-corrected chi connectivity index (χ2v) is 2.91. The quantitative estimate of drug-likeness (QED) is 0.581. The second-order valence-electron chi connectivity index (χ2n) is 2.04. The van der Waals surface area contributed by atoms with Gasteiger partial charge in [0.25, 0.3) is 0 Å². The molecule has 2 nitrogen and oxygen atoms in total. The van der Waals surface area contributed by atoms with Crippen LogP contribution in [0.15, 0.2) is 11.4 Å². The normalized spacial score (nSPS) is 9.40. The Morgan fingerprint density at radius 1 is 1.70 bits per heavy atom. The summed E-state index contributed by atoms with van der Waals surface area (Å²) >= 11 is 1.43. The molecule has 0 bridgehead atoms. The third-order valence-corrected chi connectivity index (χ3v) is 1.87. The topological polar surface area (TPSA) is 26.3 Å². The molecule has 0 N–H and O–H groups in total. The first-order valence-electron chi connectivity index (χ1n) is 2.92. The van der Waals surface area contributed by atoms with E-state index in [1.54, 1.807) is 0 Å². The van der Waals surface area contributed by atoms with Gasteiger partial charge in [-0.25, -0.2) is 0 Å². The van der Waals surface area contributed by atoms with E-state index in [-0.39, 0.29) is 5.97 Å². The maximum atomic E-state index is 10.4. The van der Waals surface area contributed by atoms with Gasteiger partial charge in [-0.1, -0.05) is 0 Å². The van der Waals surface area contributed by atoms with Crippen molar-refractivity contribution in [1.29, 1.82) is 0 Å². The fourth-order valence-corrected chi connectivity index (χ4v) is 1.39. The van der Waals surface area contributed by atoms with Crippen molar-refractivity contribution in [3.05, 3.63) is 17.0 Å². The molecule has 0 saturated carbocycles. The van der Waals surface area contributed by atoms with Crippen LogP contribution in [0.3, 0.4) is 0 Å². The van der Waals surface area contributed by atoms with Crippen molar-refractivity contribution in [2.24, 2.45) is 0 Å². The summed E-state index contributed by atoms with van der Waals surface area (Å²) in [5, 5.41) is 2.61. The van der Waals surface area contributed by atoms with Crippen LogP contribution in [0.5, 0.6) is 5.06 Å². The van der Waals surface area contributed by atoms with Gasteiger partial charge < -0.3 is 4.74 Å². The van der Waals surface area contributed by atoms with E-state index >= 15 is 0 Å². The van der Waals surface area contributed by atoms with E-state index < -0.39 is 0 Å². The molecule has 0 radical (unpaired) electrons. The number of hydrogen-bond acceptors (Lipinski definition) is 3. The zero-order valence-electron chi connectivity index (χ0n) is 5.88. The Kier molecular flexibility index (Phi) is 2.06. The summed E-state index contributed by atoms with van der Waals surface area (Å²) in [5.74, 6) is -0.262. The van der Waals surface area contributed by atoms with Gasteiger partial charge in [0.2, 0.25) is 0 Å². The van der Waals surface area contributed by atoms with Gasteiger partial charge in [0.05, 0.1) is 0 Å². The number of hydrogen-bond donors (Lipinski definition) is 0. The molecule has 1 rings (SSSR count). The van der Waals surface area contributed by atoms with Gasteiger partial charge in [-0.3, -0.25) is 4.79 Å². The van der Waals surface area contributed by atoms with E-state index in [9.17, 15) is 4.79 Å². The van der Waals surface area contributed by atoms with Crippen molar-refractivity contribution in [2.75, 3.05) is 0 Å². The molecule has 0 aliphatic heterocycles. The van der Waals surface area contributed by atoms with Gasteiger partial charge in [0.15, 0.2) is 5.06 Å². The monoisotopic (exact) mass is 156 g/mol. The number of thiophene rings is 1. The number of carbonyl (C=O) groups excluding carboxylic acids is 1. The molecule has 1 aromatic rings. The molecule has 54 valence electrons. The maximum absolute atomic E-state index is 10.4.